The number of rotatable bonds is 0. The van der Waals surface area contributed by atoms with Crippen molar-refractivity contribution in [2.75, 3.05) is 0 Å². The molecule has 0 aliphatic heterocycles. The van der Waals surface area contributed by atoms with Crippen molar-refractivity contribution in [3.63, 3.8) is 0 Å². The maximum absolute atomic E-state index is 2.02. The van der Waals surface area contributed by atoms with Crippen LogP contribution in [0.15, 0.2) is 0 Å². The fraction of sp³-hybridized carbons (Fsp3) is 1.00. The van der Waals surface area contributed by atoms with Crippen LogP contribution in [0.25, 0.3) is 0 Å². The summed E-state index contributed by atoms with van der Waals surface area (Å²) in [6, 6.07) is 0. The summed E-state index contributed by atoms with van der Waals surface area (Å²) in [5.41, 5.74) is 0. The van der Waals surface area contributed by atoms with E-state index in [0.29, 0.717) is 0 Å². The van der Waals surface area contributed by atoms with Crippen LogP contribution >= 0.6 is 0 Å². The first-order chi connectivity index (χ1) is 2.89. The van der Waals surface area contributed by atoms with Gasteiger partial charge in [0.2, 0.25) is 0 Å². The van der Waals surface area contributed by atoms with Gasteiger partial charge in [-0.1, -0.05) is 0 Å². The molecule has 0 heterocycles. The quantitative estimate of drug-likeness (QED) is 0.509. The van der Waals surface area contributed by atoms with Gasteiger partial charge in [-0.2, -0.15) is 0 Å². The van der Waals surface area contributed by atoms with Crippen molar-refractivity contribution >= 4 is 23.0 Å². The van der Waals surface area contributed by atoms with E-state index in [-0.39, 0.29) is 0 Å². The minimum absolute atomic E-state index is 1.10. The van der Waals surface area contributed by atoms with E-state index in [1.165, 1.54) is 25.7 Å². The first-order valence-electron chi connectivity index (χ1n) is 2.57. The van der Waals surface area contributed by atoms with Crippen molar-refractivity contribution in [1.82, 2.24) is 0 Å². The topological polar surface area (TPSA) is 0 Å². The molecule has 1 aliphatic carbocycles. The summed E-state index contributed by atoms with van der Waals surface area (Å²) in [5.74, 6) is 0. The predicted molar refractivity (Wildman–Crippen MR) is 28.0 cm³/mol. The Hall–Kier alpha value is 0.818. The molecule has 1 fully saturated rings. The van der Waals surface area contributed by atoms with Gasteiger partial charge in [0.1, 0.15) is 0 Å². The zero-order valence-corrected chi connectivity index (χ0v) is 6.41. The second-order valence-electron chi connectivity index (χ2n) is 1.94. The Bertz CT molecular complexity index is 37.2. The maximum atomic E-state index is 2.02. The summed E-state index contributed by atoms with van der Waals surface area (Å²) in [5, 5.41) is 0. The van der Waals surface area contributed by atoms with E-state index in [1.807, 2.05) is 23.0 Å². The van der Waals surface area contributed by atoms with Crippen LogP contribution in [0.5, 0.6) is 0 Å². The van der Waals surface area contributed by atoms with Crippen LogP contribution in [0.3, 0.4) is 0 Å². The van der Waals surface area contributed by atoms with Crippen LogP contribution in [0.1, 0.15) is 25.7 Å². The van der Waals surface area contributed by atoms with Crippen molar-refractivity contribution in [3.8, 4) is 0 Å². The molecule has 0 N–H and O–H groups in total. The Morgan fingerprint density at radius 2 is 1.67 bits per heavy atom. The zero-order valence-electron chi connectivity index (χ0n) is 3.85. The molecule has 34 valence electrons. The van der Waals surface area contributed by atoms with Gasteiger partial charge in [-0.05, 0) is 0 Å². The molecule has 0 aromatic rings. The summed E-state index contributed by atoms with van der Waals surface area (Å²) in [4.78, 5) is 0. The fourth-order valence-corrected chi connectivity index (χ4v) is 1.95. The average Bonchev–Trinajstić information content (AvgIpc) is 1.86. The van der Waals surface area contributed by atoms with Gasteiger partial charge in [0, 0.05) is 0 Å². The number of hydrogen-bond acceptors (Lipinski definition) is 0. The monoisotopic (exact) mass is 190 g/mol. The summed E-state index contributed by atoms with van der Waals surface area (Å²) >= 11 is 2.02. The molecule has 0 aromatic carbocycles. The van der Waals surface area contributed by atoms with Gasteiger partial charge < -0.3 is 0 Å². The van der Waals surface area contributed by atoms with Crippen LogP contribution in [0, 0.1) is 0 Å². The molecule has 2 radical (unpaired) electrons. The summed E-state index contributed by atoms with van der Waals surface area (Å²) in [6.07, 6.45) is 6.02. The molecule has 0 spiro atoms. The Balaban J connectivity index is 2.18. The molecule has 0 bridgehead atoms. The molecule has 1 rings (SSSR count). The van der Waals surface area contributed by atoms with Crippen molar-refractivity contribution in [2.45, 2.75) is 29.5 Å². The van der Waals surface area contributed by atoms with Gasteiger partial charge in [0.15, 0.2) is 0 Å². The van der Waals surface area contributed by atoms with Gasteiger partial charge in [0.05, 0.1) is 0 Å². The molecular formula is C5H9Sb. The fourth-order valence-electron chi connectivity index (χ4n) is 0.904. The molecule has 1 aliphatic rings. The van der Waals surface area contributed by atoms with E-state index in [4.69, 9.17) is 0 Å². The second-order valence-corrected chi connectivity index (χ2v) is 4.02. The Morgan fingerprint density at radius 3 is 1.83 bits per heavy atom. The average molecular weight is 191 g/mol. The first kappa shape index (κ1) is 4.96. The third-order valence-corrected chi connectivity index (χ3v) is 2.80. The van der Waals surface area contributed by atoms with Crippen LogP contribution < -0.4 is 0 Å². The van der Waals surface area contributed by atoms with Crippen LogP contribution in [-0.4, -0.2) is 23.0 Å². The van der Waals surface area contributed by atoms with Gasteiger partial charge in [-0.25, -0.2) is 0 Å². The Morgan fingerprint density at radius 1 is 1.17 bits per heavy atom. The van der Waals surface area contributed by atoms with E-state index in [2.05, 4.69) is 0 Å². The Labute approximate surface area is 52.8 Å². The van der Waals surface area contributed by atoms with E-state index in [1.54, 1.807) is 0 Å². The molecule has 6 heavy (non-hydrogen) atoms. The van der Waals surface area contributed by atoms with Gasteiger partial charge in [-0.3, -0.25) is 0 Å². The van der Waals surface area contributed by atoms with Crippen LogP contribution in [0.4, 0.5) is 0 Å². The van der Waals surface area contributed by atoms with Crippen molar-refractivity contribution in [3.05, 3.63) is 0 Å². The third-order valence-electron chi connectivity index (χ3n) is 1.32. The molecule has 0 unspecified atom stereocenters. The summed E-state index contributed by atoms with van der Waals surface area (Å²) in [6.45, 7) is 0. The molecule has 0 atom stereocenters. The third kappa shape index (κ3) is 1.15. The molecule has 0 amide bonds. The van der Waals surface area contributed by atoms with Gasteiger partial charge in [0.25, 0.3) is 0 Å². The van der Waals surface area contributed by atoms with Crippen LogP contribution in [0.2, 0.25) is 3.86 Å². The standard InChI is InChI=1S/C5H9.Sb/c1-2-4-5-3-1;/h1H,2-5H2;. The van der Waals surface area contributed by atoms with Gasteiger partial charge >= 0.3 is 52.6 Å². The zero-order chi connectivity index (χ0) is 4.41. The second kappa shape index (κ2) is 2.21. The van der Waals surface area contributed by atoms with E-state index in [0.717, 1.165) is 3.86 Å². The minimum atomic E-state index is 1.10. The normalized spacial score (nSPS) is 25.5. The molecule has 0 nitrogen and oxygen atoms in total. The van der Waals surface area contributed by atoms with E-state index >= 15 is 0 Å². The van der Waals surface area contributed by atoms with Crippen molar-refractivity contribution in [2.24, 2.45) is 0 Å². The first-order valence-corrected chi connectivity index (χ1v) is 4.05. The summed E-state index contributed by atoms with van der Waals surface area (Å²) in [7, 11) is 0. The van der Waals surface area contributed by atoms with Crippen molar-refractivity contribution < 1.29 is 0 Å². The molecule has 1 heteroatoms. The Kier molecular flexibility index (Phi) is 1.83. The van der Waals surface area contributed by atoms with E-state index < -0.39 is 0 Å². The summed E-state index contributed by atoms with van der Waals surface area (Å²) < 4.78 is 1.10. The van der Waals surface area contributed by atoms with Crippen LogP contribution in [-0.2, 0) is 0 Å². The predicted octanol–water partition coefficient (Wildman–Crippen LogP) is 1.52. The SMILES string of the molecule is [Sb][CH]1CCCC1. The molecule has 0 aromatic heterocycles. The van der Waals surface area contributed by atoms with Crippen molar-refractivity contribution in [1.29, 1.82) is 0 Å². The van der Waals surface area contributed by atoms with Gasteiger partial charge in [-0.15, -0.1) is 0 Å². The van der Waals surface area contributed by atoms with E-state index in [9.17, 15) is 0 Å². The molecule has 0 saturated heterocycles. The molecule has 1 saturated carbocycles. The molecular weight excluding hydrogens is 182 g/mol. The number of hydrogen-bond donors (Lipinski definition) is 0.